The topological polar surface area (TPSA) is 84.5 Å². The van der Waals surface area contributed by atoms with Crippen LogP contribution >= 0.6 is 0 Å². The van der Waals surface area contributed by atoms with Gasteiger partial charge in [0.15, 0.2) is 0 Å². The van der Waals surface area contributed by atoms with Gasteiger partial charge >= 0.3 is 0 Å². The summed E-state index contributed by atoms with van der Waals surface area (Å²) in [5, 5.41) is 0. The third-order valence-corrected chi connectivity index (χ3v) is 8.89. The zero-order valence-electron chi connectivity index (χ0n) is 14.8. The molecule has 2 aliphatic heterocycles. The van der Waals surface area contributed by atoms with Gasteiger partial charge in [-0.2, -0.15) is 34.1 Å². The second kappa shape index (κ2) is 7.94. The summed E-state index contributed by atoms with van der Waals surface area (Å²) in [4.78, 5) is 2.10. The van der Waals surface area contributed by atoms with Crippen molar-refractivity contribution < 1.29 is 16.8 Å². The van der Waals surface area contributed by atoms with E-state index in [0.29, 0.717) is 26.2 Å². The molecular weight excluding hydrogens is 354 g/mol. The smallest absolute Gasteiger partial charge is 0.282 e. The lowest BCUT2D eigenvalue weighted by atomic mass is 10.4. The molecule has 0 atom stereocenters. The average Bonchev–Trinajstić information content (AvgIpc) is 2.56. The predicted octanol–water partition coefficient (Wildman–Crippen LogP) is -1.32. The molecular formula is C13H29N5O4S2. The minimum absolute atomic E-state index is 0.200. The van der Waals surface area contributed by atoms with Crippen molar-refractivity contribution in [1.29, 1.82) is 0 Å². The third-order valence-electron chi connectivity index (χ3n) is 4.67. The van der Waals surface area contributed by atoms with Crippen molar-refractivity contribution in [3.8, 4) is 0 Å². The van der Waals surface area contributed by atoms with E-state index in [0.717, 1.165) is 13.1 Å². The fourth-order valence-electron chi connectivity index (χ4n) is 3.03. The van der Waals surface area contributed by atoms with Gasteiger partial charge in [0.2, 0.25) is 0 Å². The van der Waals surface area contributed by atoms with Gasteiger partial charge in [-0.15, -0.1) is 0 Å². The zero-order valence-corrected chi connectivity index (χ0v) is 16.4. The minimum atomic E-state index is -3.50. The monoisotopic (exact) mass is 383 g/mol. The molecule has 24 heavy (non-hydrogen) atoms. The second-order valence-corrected chi connectivity index (χ2v) is 9.96. The fraction of sp³-hybridized carbons (Fsp3) is 1.00. The van der Waals surface area contributed by atoms with Crippen LogP contribution in [-0.2, 0) is 20.4 Å². The summed E-state index contributed by atoms with van der Waals surface area (Å²) in [6.45, 7) is 7.64. The molecule has 2 fully saturated rings. The summed E-state index contributed by atoms with van der Waals surface area (Å²) >= 11 is 0. The summed E-state index contributed by atoms with van der Waals surface area (Å²) < 4.78 is 56.1. The molecule has 0 aromatic carbocycles. The molecule has 0 unspecified atom stereocenters. The molecule has 11 heteroatoms. The highest BCUT2D eigenvalue weighted by Crippen LogP contribution is 2.17. The number of likely N-dealkylation sites (N-methyl/N-ethyl adjacent to an activating group) is 1. The van der Waals surface area contributed by atoms with Crippen molar-refractivity contribution in [2.75, 3.05) is 72.5 Å². The number of hydrogen-bond acceptors (Lipinski definition) is 5. The Morgan fingerprint density at radius 2 is 1.08 bits per heavy atom. The molecule has 2 aliphatic rings. The number of nitrogens with zero attached hydrogens (tertiary/aromatic N) is 5. The average molecular weight is 384 g/mol. The minimum Gasteiger partial charge on any atom is -0.304 e. The van der Waals surface area contributed by atoms with Crippen molar-refractivity contribution >= 4 is 20.4 Å². The maximum absolute atomic E-state index is 12.7. The maximum Gasteiger partial charge on any atom is 0.282 e. The van der Waals surface area contributed by atoms with Crippen LogP contribution in [0.15, 0.2) is 0 Å². The van der Waals surface area contributed by atoms with Gasteiger partial charge in [0.25, 0.3) is 20.4 Å². The molecule has 0 saturated carbocycles. The van der Waals surface area contributed by atoms with Crippen LogP contribution in [0.1, 0.15) is 13.8 Å². The molecule has 2 heterocycles. The Labute approximate surface area is 146 Å². The van der Waals surface area contributed by atoms with E-state index in [-0.39, 0.29) is 26.2 Å². The first-order valence-electron chi connectivity index (χ1n) is 8.42. The van der Waals surface area contributed by atoms with E-state index in [1.54, 1.807) is 13.8 Å². The van der Waals surface area contributed by atoms with Crippen LogP contribution < -0.4 is 0 Å². The van der Waals surface area contributed by atoms with Crippen LogP contribution in [0.25, 0.3) is 0 Å². The van der Waals surface area contributed by atoms with Crippen LogP contribution in [0.5, 0.6) is 0 Å². The summed E-state index contributed by atoms with van der Waals surface area (Å²) in [6, 6.07) is 0. The molecule has 0 radical (unpaired) electrons. The van der Waals surface area contributed by atoms with E-state index in [2.05, 4.69) is 4.90 Å². The van der Waals surface area contributed by atoms with E-state index < -0.39 is 20.4 Å². The van der Waals surface area contributed by atoms with E-state index in [4.69, 9.17) is 0 Å². The Kier molecular flexibility index (Phi) is 6.62. The Morgan fingerprint density at radius 1 is 0.708 bits per heavy atom. The second-order valence-electron chi connectivity index (χ2n) is 6.10. The first-order chi connectivity index (χ1) is 11.2. The number of piperazine rings is 2. The van der Waals surface area contributed by atoms with Gasteiger partial charge in [-0.05, 0) is 7.05 Å². The largest absolute Gasteiger partial charge is 0.304 e. The summed E-state index contributed by atoms with van der Waals surface area (Å²) in [5.74, 6) is 0. The summed E-state index contributed by atoms with van der Waals surface area (Å²) in [6.07, 6.45) is 0. The lowest BCUT2D eigenvalue weighted by Crippen LogP contribution is -2.58. The SMILES string of the molecule is CCN(CC)S(=O)(=O)N1CCN(S(=O)(=O)N2CCN(C)CC2)CC1. The fourth-order valence-corrected chi connectivity index (χ4v) is 6.21. The number of hydrogen-bond donors (Lipinski definition) is 0. The lowest BCUT2D eigenvalue weighted by Gasteiger charge is -2.39. The molecule has 0 aromatic heterocycles. The molecule has 142 valence electrons. The third kappa shape index (κ3) is 4.09. The number of rotatable bonds is 6. The zero-order chi connectivity index (χ0) is 18.0. The van der Waals surface area contributed by atoms with Crippen LogP contribution in [0.4, 0.5) is 0 Å². The van der Waals surface area contributed by atoms with E-state index in [1.807, 2.05) is 7.05 Å². The van der Waals surface area contributed by atoms with Crippen molar-refractivity contribution in [3.05, 3.63) is 0 Å². The van der Waals surface area contributed by atoms with Gasteiger partial charge < -0.3 is 4.90 Å². The summed E-state index contributed by atoms with van der Waals surface area (Å²) in [7, 11) is -5.03. The van der Waals surface area contributed by atoms with Gasteiger partial charge in [-0.1, -0.05) is 13.8 Å². The van der Waals surface area contributed by atoms with Crippen molar-refractivity contribution in [3.63, 3.8) is 0 Å². The molecule has 9 nitrogen and oxygen atoms in total. The quantitative estimate of drug-likeness (QED) is 0.568. The summed E-state index contributed by atoms with van der Waals surface area (Å²) in [5.41, 5.74) is 0. The Hall–Kier alpha value is -0.300. The van der Waals surface area contributed by atoms with Crippen molar-refractivity contribution in [2.24, 2.45) is 0 Å². The van der Waals surface area contributed by atoms with Crippen LogP contribution in [0.2, 0.25) is 0 Å². The first-order valence-corrected chi connectivity index (χ1v) is 11.2. The van der Waals surface area contributed by atoms with Crippen LogP contribution in [0, 0.1) is 0 Å². The van der Waals surface area contributed by atoms with Gasteiger partial charge in [0.1, 0.15) is 0 Å². The Morgan fingerprint density at radius 3 is 1.50 bits per heavy atom. The molecule has 0 amide bonds. The molecule has 0 aliphatic carbocycles. The highest BCUT2D eigenvalue weighted by atomic mass is 32.2. The Bertz CT molecular complexity index is 604. The van der Waals surface area contributed by atoms with E-state index >= 15 is 0 Å². The van der Waals surface area contributed by atoms with Gasteiger partial charge in [0, 0.05) is 65.4 Å². The molecule has 0 aromatic rings. The predicted molar refractivity (Wildman–Crippen MR) is 93.0 cm³/mol. The first kappa shape index (κ1) is 20.0. The van der Waals surface area contributed by atoms with Gasteiger partial charge in [0.05, 0.1) is 0 Å². The normalized spacial score (nSPS) is 23.8. The molecule has 0 spiro atoms. The highest BCUT2D eigenvalue weighted by Gasteiger charge is 2.37. The molecule has 0 bridgehead atoms. The maximum atomic E-state index is 12.7. The Balaban J connectivity index is 1.99. The highest BCUT2D eigenvalue weighted by molar-refractivity contribution is 7.87. The van der Waals surface area contributed by atoms with Crippen LogP contribution in [0.3, 0.4) is 0 Å². The van der Waals surface area contributed by atoms with Crippen LogP contribution in [-0.4, -0.2) is 111 Å². The van der Waals surface area contributed by atoms with E-state index in [1.165, 1.54) is 17.2 Å². The molecule has 2 rings (SSSR count). The van der Waals surface area contributed by atoms with E-state index in [9.17, 15) is 16.8 Å². The van der Waals surface area contributed by atoms with Crippen molar-refractivity contribution in [2.45, 2.75) is 13.8 Å². The standard InChI is InChI=1S/C13H29N5O4S2/c1-4-15(5-2)23(19,20)17-10-12-18(13-11-17)24(21,22)16-8-6-14(3)7-9-16/h4-13H2,1-3H3. The molecule has 2 saturated heterocycles. The van der Waals surface area contributed by atoms with Gasteiger partial charge in [-0.3, -0.25) is 0 Å². The van der Waals surface area contributed by atoms with Gasteiger partial charge in [-0.25, -0.2) is 0 Å². The lowest BCUT2D eigenvalue weighted by molar-refractivity contribution is 0.199. The van der Waals surface area contributed by atoms with Crippen molar-refractivity contribution in [1.82, 2.24) is 22.1 Å². The molecule has 0 N–H and O–H groups in total.